The summed E-state index contributed by atoms with van der Waals surface area (Å²) in [6, 6.07) is 19.3. The minimum Gasteiger partial charge on any atom is -0.351 e. The molecule has 0 spiro atoms. The highest BCUT2D eigenvalue weighted by Gasteiger charge is 2.14. The van der Waals surface area contributed by atoms with Crippen LogP contribution in [0.1, 0.15) is 10.4 Å². The van der Waals surface area contributed by atoms with E-state index in [1.54, 1.807) is 18.2 Å². The Morgan fingerprint density at radius 1 is 0.757 bits per heavy atom. The van der Waals surface area contributed by atoms with Crippen LogP contribution < -0.4 is 21.3 Å². The molecule has 4 aromatic rings. The number of carbonyl (C=O) groups is 1. The smallest absolute Gasteiger partial charge is 0.254 e. The molecule has 37 heavy (non-hydrogen) atoms. The standard InChI is InChI=1S/C26H26F2N8O/c1-36(2)14-13-29-23(37)21-12-11-20(16-22(21)28)32-26-34-24(30-18-8-4-3-5-9-18)33-25(35-26)31-19-10-6-7-17(27)15-19/h3-12,15-16H,13-14H2,1-2H3,(H,29,37)(H3,30,31,32,33,34,35). The zero-order valence-electron chi connectivity index (χ0n) is 20.3. The van der Waals surface area contributed by atoms with E-state index in [0.717, 1.165) is 5.69 Å². The van der Waals surface area contributed by atoms with Gasteiger partial charge in [0.2, 0.25) is 17.8 Å². The van der Waals surface area contributed by atoms with E-state index in [9.17, 15) is 13.6 Å². The fourth-order valence-corrected chi connectivity index (χ4v) is 3.28. The molecule has 0 aliphatic carbocycles. The lowest BCUT2D eigenvalue weighted by Crippen LogP contribution is -2.31. The van der Waals surface area contributed by atoms with Crippen LogP contribution in [-0.4, -0.2) is 52.9 Å². The number of benzene rings is 3. The second-order valence-electron chi connectivity index (χ2n) is 8.31. The summed E-state index contributed by atoms with van der Waals surface area (Å²) in [5, 5.41) is 11.7. The molecule has 1 amide bonds. The van der Waals surface area contributed by atoms with Crippen molar-refractivity contribution in [1.82, 2.24) is 25.2 Å². The van der Waals surface area contributed by atoms with Gasteiger partial charge in [-0.2, -0.15) is 15.0 Å². The topological polar surface area (TPSA) is 107 Å². The minimum atomic E-state index is -0.692. The van der Waals surface area contributed by atoms with Crippen LogP contribution in [0.4, 0.5) is 43.7 Å². The van der Waals surface area contributed by atoms with Crippen LogP contribution >= 0.6 is 0 Å². The maximum Gasteiger partial charge on any atom is 0.254 e. The Morgan fingerprint density at radius 2 is 1.35 bits per heavy atom. The molecule has 0 aliphatic heterocycles. The molecule has 0 unspecified atom stereocenters. The number of hydrogen-bond donors (Lipinski definition) is 4. The fraction of sp³-hybridized carbons (Fsp3) is 0.154. The lowest BCUT2D eigenvalue weighted by Gasteiger charge is -2.13. The van der Waals surface area contributed by atoms with E-state index in [2.05, 4.69) is 36.2 Å². The van der Waals surface area contributed by atoms with Crippen molar-refractivity contribution in [3.05, 3.63) is 90.0 Å². The number of carbonyl (C=O) groups excluding carboxylic acids is 1. The van der Waals surface area contributed by atoms with Crippen molar-refractivity contribution in [1.29, 1.82) is 0 Å². The van der Waals surface area contributed by atoms with E-state index in [4.69, 9.17) is 0 Å². The summed E-state index contributed by atoms with van der Waals surface area (Å²) in [6.07, 6.45) is 0. The number of halogens is 2. The highest BCUT2D eigenvalue weighted by atomic mass is 19.1. The summed E-state index contributed by atoms with van der Waals surface area (Å²) < 4.78 is 28.4. The number of rotatable bonds is 10. The molecular weight excluding hydrogens is 478 g/mol. The molecule has 190 valence electrons. The predicted molar refractivity (Wildman–Crippen MR) is 140 cm³/mol. The van der Waals surface area contributed by atoms with Gasteiger partial charge >= 0.3 is 0 Å². The lowest BCUT2D eigenvalue weighted by atomic mass is 10.1. The molecular formula is C26H26F2N8O. The van der Waals surface area contributed by atoms with Gasteiger partial charge in [-0.15, -0.1) is 0 Å². The van der Waals surface area contributed by atoms with Gasteiger partial charge in [0, 0.05) is 30.2 Å². The average Bonchev–Trinajstić information content (AvgIpc) is 2.84. The van der Waals surface area contributed by atoms with Gasteiger partial charge in [0.25, 0.3) is 5.91 Å². The van der Waals surface area contributed by atoms with Crippen molar-refractivity contribution in [2.45, 2.75) is 0 Å². The van der Waals surface area contributed by atoms with Crippen molar-refractivity contribution >= 4 is 40.8 Å². The fourth-order valence-electron chi connectivity index (χ4n) is 3.28. The zero-order chi connectivity index (χ0) is 26.2. The van der Waals surface area contributed by atoms with Gasteiger partial charge in [0.15, 0.2) is 0 Å². The second-order valence-corrected chi connectivity index (χ2v) is 8.31. The number of nitrogens with zero attached hydrogens (tertiary/aromatic N) is 4. The summed E-state index contributed by atoms with van der Waals surface area (Å²) in [5.41, 5.74) is 1.45. The molecule has 11 heteroatoms. The van der Waals surface area contributed by atoms with Crippen LogP contribution in [0.3, 0.4) is 0 Å². The maximum absolute atomic E-state index is 14.7. The normalized spacial score (nSPS) is 10.7. The van der Waals surface area contributed by atoms with Gasteiger partial charge in [-0.1, -0.05) is 24.3 Å². The van der Waals surface area contributed by atoms with Gasteiger partial charge in [0.05, 0.1) is 5.56 Å². The van der Waals surface area contributed by atoms with E-state index in [-0.39, 0.29) is 23.4 Å². The van der Waals surface area contributed by atoms with Gasteiger partial charge in [0.1, 0.15) is 11.6 Å². The van der Waals surface area contributed by atoms with Crippen LogP contribution in [0.15, 0.2) is 72.8 Å². The SMILES string of the molecule is CN(C)CCNC(=O)c1ccc(Nc2nc(Nc3ccccc3)nc(Nc3cccc(F)c3)n2)cc1F. The van der Waals surface area contributed by atoms with Crippen molar-refractivity contribution in [2.24, 2.45) is 0 Å². The Hall–Kier alpha value is -4.64. The van der Waals surface area contributed by atoms with Crippen molar-refractivity contribution in [3.8, 4) is 0 Å². The van der Waals surface area contributed by atoms with Gasteiger partial charge in [-0.05, 0) is 62.6 Å². The third-order valence-corrected chi connectivity index (χ3v) is 5.06. The minimum absolute atomic E-state index is 0.0696. The van der Waals surface area contributed by atoms with E-state index >= 15 is 0 Å². The van der Waals surface area contributed by atoms with E-state index in [1.807, 2.05) is 49.3 Å². The first-order valence-electron chi connectivity index (χ1n) is 11.5. The van der Waals surface area contributed by atoms with Gasteiger partial charge < -0.3 is 26.2 Å². The lowest BCUT2D eigenvalue weighted by molar-refractivity contribution is 0.0947. The Kier molecular flexibility index (Phi) is 8.16. The Morgan fingerprint density at radius 3 is 1.95 bits per heavy atom. The van der Waals surface area contributed by atoms with Crippen molar-refractivity contribution < 1.29 is 13.6 Å². The molecule has 1 heterocycles. The molecule has 4 rings (SSSR count). The second kappa shape index (κ2) is 11.9. The summed E-state index contributed by atoms with van der Waals surface area (Å²) in [7, 11) is 3.77. The number of likely N-dealkylation sites (N-methyl/N-ethyl adjacent to an activating group) is 1. The quantitative estimate of drug-likeness (QED) is 0.247. The number of anilines is 6. The molecule has 0 atom stereocenters. The van der Waals surface area contributed by atoms with E-state index in [0.29, 0.717) is 24.5 Å². The third kappa shape index (κ3) is 7.42. The number of amides is 1. The molecule has 1 aromatic heterocycles. The number of aromatic nitrogens is 3. The van der Waals surface area contributed by atoms with Crippen LogP contribution in [-0.2, 0) is 0 Å². The first-order chi connectivity index (χ1) is 17.9. The van der Waals surface area contributed by atoms with Crippen LogP contribution in [0.25, 0.3) is 0 Å². The third-order valence-electron chi connectivity index (χ3n) is 5.06. The summed E-state index contributed by atoms with van der Waals surface area (Å²) >= 11 is 0. The predicted octanol–water partition coefficient (Wildman–Crippen LogP) is 4.67. The summed E-state index contributed by atoms with van der Waals surface area (Å²) in [4.78, 5) is 27.3. The Bertz CT molecular complexity index is 1370. The highest BCUT2D eigenvalue weighted by molar-refractivity contribution is 5.94. The Balaban J connectivity index is 1.56. The monoisotopic (exact) mass is 504 g/mol. The number of para-hydroxylation sites is 1. The molecule has 4 N–H and O–H groups in total. The summed E-state index contributed by atoms with van der Waals surface area (Å²) in [6.45, 7) is 1.03. The zero-order valence-corrected chi connectivity index (χ0v) is 20.3. The van der Waals surface area contributed by atoms with Crippen LogP contribution in [0.2, 0.25) is 0 Å². The summed E-state index contributed by atoms with van der Waals surface area (Å²) in [5.74, 6) is -1.15. The first kappa shape index (κ1) is 25.5. The highest BCUT2D eigenvalue weighted by Crippen LogP contribution is 2.22. The Labute approximate surface area is 213 Å². The van der Waals surface area contributed by atoms with E-state index < -0.39 is 17.5 Å². The molecule has 3 aromatic carbocycles. The molecule has 0 saturated heterocycles. The van der Waals surface area contributed by atoms with Crippen molar-refractivity contribution in [3.63, 3.8) is 0 Å². The first-order valence-corrected chi connectivity index (χ1v) is 11.5. The van der Waals surface area contributed by atoms with Gasteiger partial charge in [-0.25, -0.2) is 8.78 Å². The van der Waals surface area contributed by atoms with Gasteiger partial charge in [-0.3, -0.25) is 4.79 Å². The van der Waals surface area contributed by atoms with Crippen LogP contribution in [0.5, 0.6) is 0 Å². The maximum atomic E-state index is 14.7. The molecule has 0 bridgehead atoms. The molecule has 0 radical (unpaired) electrons. The molecule has 0 aliphatic rings. The van der Waals surface area contributed by atoms with E-state index in [1.165, 1.54) is 24.3 Å². The van der Waals surface area contributed by atoms with Crippen LogP contribution in [0, 0.1) is 11.6 Å². The molecule has 0 fully saturated rings. The van der Waals surface area contributed by atoms with Crippen molar-refractivity contribution in [2.75, 3.05) is 43.1 Å². The number of hydrogen-bond acceptors (Lipinski definition) is 8. The number of nitrogens with one attached hydrogen (secondary N) is 4. The molecule has 0 saturated carbocycles. The average molecular weight is 505 g/mol. The molecule has 9 nitrogen and oxygen atoms in total. The largest absolute Gasteiger partial charge is 0.351 e.